The van der Waals surface area contributed by atoms with E-state index >= 15 is 0 Å². The number of hydrogen-bond acceptors (Lipinski definition) is 2. The zero-order chi connectivity index (χ0) is 14.9. The predicted molar refractivity (Wildman–Crippen MR) is 76.7 cm³/mol. The van der Waals surface area contributed by atoms with Crippen molar-refractivity contribution in [1.29, 1.82) is 0 Å². The van der Waals surface area contributed by atoms with Crippen molar-refractivity contribution < 1.29 is 13.2 Å². The van der Waals surface area contributed by atoms with Crippen LogP contribution in [-0.4, -0.2) is 4.99 Å². The van der Waals surface area contributed by atoms with Gasteiger partial charge in [-0.15, -0.1) is 0 Å². The number of halogens is 3. The second-order valence-corrected chi connectivity index (χ2v) is 4.71. The Morgan fingerprint density at radius 2 is 1.85 bits per heavy atom. The molecule has 0 aromatic heterocycles. The molecule has 0 saturated carbocycles. The van der Waals surface area contributed by atoms with Crippen LogP contribution in [0.15, 0.2) is 30.3 Å². The van der Waals surface area contributed by atoms with Gasteiger partial charge in [-0.2, -0.15) is 0 Å². The van der Waals surface area contributed by atoms with Gasteiger partial charge in [-0.25, -0.2) is 13.2 Å². The Labute approximate surface area is 119 Å². The lowest BCUT2D eigenvalue weighted by Gasteiger charge is -2.11. The highest BCUT2D eigenvalue weighted by molar-refractivity contribution is 7.80. The molecule has 2 rings (SSSR count). The molecule has 0 aliphatic heterocycles. The van der Waals surface area contributed by atoms with Crippen molar-refractivity contribution in [1.82, 2.24) is 0 Å². The van der Waals surface area contributed by atoms with Crippen molar-refractivity contribution in [3.05, 3.63) is 58.9 Å². The fourth-order valence-electron chi connectivity index (χ4n) is 1.82. The molecule has 2 nitrogen and oxygen atoms in total. The lowest BCUT2D eigenvalue weighted by molar-refractivity contribution is 0.498. The summed E-state index contributed by atoms with van der Waals surface area (Å²) in [6.07, 6.45) is 0. The fourth-order valence-corrected chi connectivity index (χ4v) is 2.05. The number of anilines is 2. The van der Waals surface area contributed by atoms with E-state index < -0.39 is 17.5 Å². The second-order valence-electron chi connectivity index (χ2n) is 4.27. The molecule has 0 amide bonds. The second kappa shape index (κ2) is 5.50. The lowest BCUT2D eigenvalue weighted by atomic mass is 10.1. The van der Waals surface area contributed by atoms with E-state index in [1.165, 1.54) is 0 Å². The number of nitrogens with one attached hydrogen (secondary N) is 1. The summed E-state index contributed by atoms with van der Waals surface area (Å²) >= 11 is 4.88. The van der Waals surface area contributed by atoms with Crippen LogP contribution in [0, 0.1) is 24.4 Å². The molecule has 0 atom stereocenters. The summed E-state index contributed by atoms with van der Waals surface area (Å²) < 4.78 is 39.7. The minimum atomic E-state index is -1.25. The standard InChI is InChI=1S/C14H11F3N2S/c1-7-4-9(2-3-10(7)14(18)20)19-12-6-8(15)5-11(16)13(12)17/h2-6,19H,1H3,(H2,18,20). The molecule has 0 aliphatic carbocycles. The summed E-state index contributed by atoms with van der Waals surface area (Å²) in [5.41, 5.74) is 7.21. The van der Waals surface area contributed by atoms with Crippen LogP contribution in [0.3, 0.4) is 0 Å². The van der Waals surface area contributed by atoms with Gasteiger partial charge in [0.05, 0.1) is 5.69 Å². The third-order valence-corrected chi connectivity index (χ3v) is 2.98. The maximum atomic E-state index is 13.5. The van der Waals surface area contributed by atoms with Gasteiger partial charge in [0, 0.05) is 23.4 Å². The average molecular weight is 296 g/mol. The Balaban J connectivity index is 2.36. The van der Waals surface area contributed by atoms with Gasteiger partial charge < -0.3 is 11.1 Å². The molecular formula is C14H11F3N2S. The Hall–Kier alpha value is -2.08. The van der Waals surface area contributed by atoms with E-state index in [9.17, 15) is 13.2 Å². The van der Waals surface area contributed by atoms with Crippen molar-refractivity contribution in [2.45, 2.75) is 6.92 Å². The Morgan fingerprint density at radius 1 is 1.15 bits per heavy atom. The normalized spacial score (nSPS) is 10.4. The zero-order valence-electron chi connectivity index (χ0n) is 10.5. The smallest absolute Gasteiger partial charge is 0.182 e. The number of benzene rings is 2. The van der Waals surface area contributed by atoms with Crippen molar-refractivity contribution >= 4 is 28.6 Å². The maximum Gasteiger partial charge on any atom is 0.182 e. The molecule has 3 N–H and O–H groups in total. The molecule has 2 aromatic carbocycles. The van der Waals surface area contributed by atoms with Crippen molar-refractivity contribution in [3.8, 4) is 0 Å². The van der Waals surface area contributed by atoms with Gasteiger partial charge in [-0.1, -0.05) is 12.2 Å². The topological polar surface area (TPSA) is 38.0 Å². The summed E-state index contributed by atoms with van der Waals surface area (Å²) in [5.74, 6) is -3.24. The minimum Gasteiger partial charge on any atom is -0.389 e. The largest absolute Gasteiger partial charge is 0.389 e. The van der Waals surface area contributed by atoms with Crippen LogP contribution in [0.25, 0.3) is 0 Å². The number of nitrogens with two attached hydrogens (primary N) is 1. The SMILES string of the molecule is Cc1cc(Nc2cc(F)cc(F)c2F)ccc1C(N)=S. The van der Waals surface area contributed by atoms with E-state index in [0.717, 1.165) is 11.6 Å². The molecule has 0 unspecified atom stereocenters. The molecule has 2 aromatic rings. The first-order valence-electron chi connectivity index (χ1n) is 5.70. The number of aryl methyl sites for hydroxylation is 1. The van der Waals surface area contributed by atoms with Crippen LogP contribution in [0.1, 0.15) is 11.1 Å². The molecule has 0 bridgehead atoms. The van der Waals surface area contributed by atoms with Gasteiger partial charge in [0.25, 0.3) is 0 Å². The maximum absolute atomic E-state index is 13.5. The lowest BCUT2D eigenvalue weighted by Crippen LogP contribution is -2.11. The van der Waals surface area contributed by atoms with Crippen molar-refractivity contribution in [2.24, 2.45) is 5.73 Å². The van der Waals surface area contributed by atoms with E-state index in [4.69, 9.17) is 18.0 Å². The highest BCUT2D eigenvalue weighted by Crippen LogP contribution is 2.24. The summed E-state index contributed by atoms with van der Waals surface area (Å²) in [6, 6.07) is 6.30. The van der Waals surface area contributed by atoms with Gasteiger partial charge in [-0.3, -0.25) is 0 Å². The minimum absolute atomic E-state index is 0.247. The molecule has 0 saturated heterocycles. The van der Waals surface area contributed by atoms with E-state index in [1.807, 2.05) is 0 Å². The highest BCUT2D eigenvalue weighted by Gasteiger charge is 2.11. The van der Waals surface area contributed by atoms with Crippen LogP contribution in [0.4, 0.5) is 24.5 Å². The van der Waals surface area contributed by atoms with Crippen LogP contribution < -0.4 is 11.1 Å². The van der Waals surface area contributed by atoms with Gasteiger partial charge >= 0.3 is 0 Å². The highest BCUT2D eigenvalue weighted by atomic mass is 32.1. The third kappa shape index (κ3) is 2.91. The molecule has 0 spiro atoms. The summed E-state index contributed by atoms with van der Waals surface area (Å²) in [7, 11) is 0. The van der Waals surface area contributed by atoms with Crippen LogP contribution in [-0.2, 0) is 0 Å². The van der Waals surface area contributed by atoms with E-state index in [-0.39, 0.29) is 10.7 Å². The van der Waals surface area contributed by atoms with Crippen molar-refractivity contribution in [3.63, 3.8) is 0 Å². The van der Waals surface area contributed by atoms with Gasteiger partial charge in [-0.05, 0) is 30.7 Å². The molecule has 0 aliphatic rings. The molecule has 20 heavy (non-hydrogen) atoms. The van der Waals surface area contributed by atoms with Gasteiger partial charge in [0.2, 0.25) is 0 Å². The quantitative estimate of drug-likeness (QED) is 0.668. The number of rotatable bonds is 3. The summed E-state index contributed by atoms with van der Waals surface area (Å²) in [4.78, 5) is 0.247. The van der Waals surface area contributed by atoms with Crippen LogP contribution in [0.2, 0.25) is 0 Å². The first-order chi connectivity index (χ1) is 9.38. The molecular weight excluding hydrogens is 285 g/mol. The first kappa shape index (κ1) is 14.3. The number of thiocarbonyl (C=S) groups is 1. The summed E-state index contributed by atoms with van der Waals surface area (Å²) in [5, 5.41) is 2.62. The van der Waals surface area contributed by atoms with Crippen molar-refractivity contribution in [2.75, 3.05) is 5.32 Å². The zero-order valence-corrected chi connectivity index (χ0v) is 11.3. The number of hydrogen-bond donors (Lipinski definition) is 2. The van der Waals surface area contributed by atoms with E-state index in [2.05, 4.69) is 5.32 Å². The monoisotopic (exact) mass is 296 g/mol. The Morgan fingerprint density at radius 3 is 2.45 bits per heavy atom. The Bertz CT molecular complexity index is 686. The predicted octanol–water partition coefficient (Wildman–Crippen LogP) is 3.79. The third-order valence-electron chi connectivity index (χ3n) is 2.76. The average Bonchev–Trinajstić information content (AvgIpc) is 2.35. The Kier molecular flexibility index (Phi) is 3.94. The molecule has 104 valence electrons. The first-order valence-corrected chi connectivity index (χ1v) is 6.11. The van der Waals surface area contributed by atoms with E-state index in [0.29, 0.717) is 17.3 Å². The van der Waals surface area contributed by atoms with Gasteiger partial charge in [0.1, 0.15) is 10.8 Å². The molecule has 0 heterocycles. The van der Waals surface area contributed by atoms with E-state index in [1.54, 1.807) is 25.1 Å². The van der Waals surface area contributed by atoms with Crippen LogP contribution >= 0.6 is 12.2 Å². The molecule has 6 heteroatoms. The summed E-state index contributed by atoms with van der Waals surface area (Å²) in [6.45, 7) is 1.78. The van der Waals surface area contributed by atoms with Crippen LogP contribution in [0.5, 0.6) is 0 Å². The molecule has 0 radical (unpaired) electrons. The van der Waals surface area contributed by atoms with Gasteiger partial charge in [0.15, 0.2) is 11.6 Å². The molecule has 0 fully saturated rings. The fraction of sp³-hybridized carbons (Fsp3) is 0.0714.